The summed E-state index contributed by atoms with van der Waals surface area (Å²) in [4.78, 5) is 0. The van der Waals surface area contributed by atoms with E-state index in [0.29, 0.717) is 0 Å². The molecule has 0 spiro atoms. The standard InChI is InChI=1S/CN.2CH3.2ClH.Cu.2Zn/c1-2;;;;;;;/h;2*1H3;2*1H;;;/q-1;;;;;;;+2/p-2. The van der Waals surface area contributed by atoms with Crippen LogP contribution >= 0.6 is 19.4 Å². The molecule has 0 aromatic carbocycles. The Hall–Kier alpha value is 1.84. The van der Waals surface area contributed by atoms with E-state index >= 15 is 0 Å². The maximum Gasteiger partial charge on any atom is 0 e. The Labute approximate surface area is 96.8 Å². The molecule has 0 aromatic rings. The second kappa shape index (κ2) is 95.5. The van der Waals surface area contributed by atoms with Crippen molar-refractivity contribution in [1.29, 1.82) is 5.26 Å². The molecule has 0 heterocycles. The predicted octanol–water partition coefficient (Wildman–Crippen LogP) is 2.37. The fraction of sp³-hybridized carbons (Fsp3) is 0. The molecule has 0 aliphatic rings. The van der Waals surface area contributed by atoms with Gasteiger partial charge in [0, 0.05) is 36.5 Å². The third kappa shape index (κ3) is 179. The molecule has 0 N–H and O–H groups in total. The number of hydrogen-bond acceptors (Lipinski definition) is 1. The molecule has 0 atom stereocenters. The molecule has 0 saturated carbocycles. The smallest absolute Gasteiger partial charge is 0 e. The first-order valence-corrected chi connectivity index (χ1v) is 8.56. The number of nitrogens with zero attached hydrogens (tertiary/aromatic N) is 1. The van der Waals surface area contributed by atoms with E-state index in [1.54, 1.807) is 0 Å². The van der Waals surface area contributed by atoms with Gasteiger partial charge >= 0.3 is 34.5 Å². The van der Waals surface area contributed by atoms with E-state index in [9.17, 15) is 0 Å². The summed E-state index contributed by atoms with van der Waals surface area (Å²) in [6, 6.07) is 0. The minimum Gasteiger partial charge on any atom is 0 e. The van der Waals surface area contributed by atoms with E-state index in [0.717, 1.165) is 0 Å². The average molecular weight is 321 g/mol. The summed E-state index contributed by atoms with van der Waals surface area (Å²) in [5.41, 5.74) is 0. The van der Waals surface area contributed by atoms with Crippen molar-refractivity contribution in [2.75, 3.05) is 0 Å². The molecule has 0 aromatic heterocycles. The van der Waals surface area contributed by atoms with Crippen LogP contribution in [0.1, 0.15) is 0 Å². The minimum absolute atomic E-state index is 0. The third-order valence-corrected chi connectivity index (χ3v) is 0. The molecule has 9 heavy (non-hydrogen) atoms. The average Bonchev–Trinajstić information content (AvgIpc) is 1.46. The van der Waals surface area contributed by atoms with Gasteiger partial charge in [-0.15, -0.1) is 0 Å². The van der Waals surface area contributed by atoms with Crippen molar-refractivity contribution < 1.29 is 51.7 Å². The first-order chi connectivity index (χ1) is 2.41. The molecule has 0 amide bonds. The summed E-state index contributed by atoms with van der Waals surface area (Å²) in [5, 5.41) is 6.25. The summed E-state index contributed by atoms with van der Waals surface area (Å²) in [6.45, 7) is 4.75. The van der Waals surface area contributed by atoms with E-state index in [1.165, 1.54) is 0 Å². The third-order valence-electron chi connectivity index (χ3n) is 0. The first-order valence-electron chi connectivity index (χ1n) is 0.758. The molecule has 1 nitrogen and oxygen atoms in total. The van der Waals surface area contributed by atoms with Gasteiger partial charge in [0.05, 0.1) is 0 Å². The minimum atomic E-state index is -0.931. The van der Waals surface area contributed by atoms with Crippen LogP contribution in [0.2, 0.25) is 0 Å². The zero-order valence-electron chi connectivity index (χ0n) is 5.42. The SMILES string of the molecule is [C-]#N.[CH3].[CH3].[Cl][Zn][Cl].[Cu].[Zn]. The number of rotatable bonds is 0. The van der Waals surface area contributed by atoms with Crippen LogP contribution in [0, 0.1) is 26.7 Å². The second-order valence-electron chi connectivity index (χ2n) is 0.101. The van der Waals surface area contributed by atoms with Gasteiger partial charge in [-0.05, 0) is 0 Å². The molecular formula is C3H6Cl2CuNZn2-. The Morgan fingerprint density at radius 3 is 1.11 bits per heavy atom. The van der Waals surface area contributed by atoms with Crippen LogP contribution in [0.25, 0.3) is 0 Å². The van der Waals surface area contributed by atoms with E-state index in [-0.39, 0.29) is 51.4 Å². The largest absolute Gasteiger partial charge is 0 e. The Morgan fingerprint density at radius 2 is 1.11 bits per heavy atom. The van der Waals surface area contributed by atoms with Crippen molar-refractivity contribution in [3.63, 3.8) is 0 Å². The molecule has 0 unspecified atom stereocenters. The van der Waals surface area contributed by atoms with Gasteiger partial charge in [0.2, 0.25) is 0 Å². The maximum atomic E-state index is 6.25. The first kappa shape index (κ1) is 44.8. The van der Waals surface area contributed by atoms with Gasteiger partial charge in [0.1, 0.15) is 0 Å². The summed E-state index contributed by atoms with van der Waals surface area (Å²) >= 11 is -0.931. The zero-order valence-corrected chi connectivity index (χ0v) is 13.8. The van der Waals surface area contributed by atoms with Gasteiger partial charge in [-0.2, -0.15) is 0 Å². The van der Waals surface area contributed by atoms with E-state index in [1.807, 2.05) is 0 Å². The Kier molecular flexibility index (Phi) is 476. The Morgan fingerprint density at radius 1 is 1.11 bits per heavy atom. The maximum absolute atomic E-state index is 6.25. The van der Waals surface area contributed by atoms with Gasteiger partial charge in [-0.3, -0.25) is 0 Å². The number of halogens is 2. The van der Waals surface area contributed by atoms with Crippen LogP contribution in [0.3, 0.4) is 0 Å². The van der Waals surface area contributed by atoms with Gasteiger partial charge in [-0.1, -0.05) is 14.9 Å². The molecule has 0 aliphatic heterocycles. The predicted molar refractivity (Wildman–Crippen MR) is 29.5 cm³/mol. The van der Waals surface area contributed by atoms with Gasteiger partial charge < -0.3 is 11.8 Å². The van der Waals surface area contributed by atoms with E-state index in [2.05, 4.69) is 0 Å². The fourth-order valence-corrected chi connectivity index (χ4v) is 0. The van der Waals surface area contributed by atoms with E-state index in [4.69, 9.17) is 31.2 Å². The molecule has 3 radical (unpaired) electrons. The van der Waals surface area contributed by atoms with Crippen molar-refractivity contribution in [2.24, 2.45) is 0 Å². The Bertz CT molecular complexity index is 31.0. The van der Waals surface area contributed by atoms with Crippen LogP contribution < -0.4 is 0 Å². The van der Waals surface area contributed by atoms with Gasteiger partial charge in [0.25, 0.3) is 0 Å². The second-order valence-corrected chi connectivity index (χ2v) is 4.72. The Balaban J connectivity index is -0.00000000357. The molecule has 0 rings (SSSR count). The van der Waals surface area contributed by atoms with Crippen LogP contribution in [-0.2, 0) is 51.7 Å². The summed E-state index contributed by atoms with van der Waals surface area (Å²) in [6.07, 6.45) is 0. The van der Waals surface area contributed by atoms with E-state index < -0.39 is 15.1 Å². The van der Waals surface area contributed by atoms with Gasteiger partial charge in [0.15, 0.2) is 0 Å². The van der Waals surface area contributed by atoms with Crippen molar-refractivity contribution in [3.05, 3.63) is 21.4 Å². The molecule has 0 bridgehead atoms. The van der Waals surface area contributed by atoms with Crippen LogP contribution in [0.15, 0.2) is 0 Å². The zero-order chi connectivity index (χ0) is 4.71. The molecule has 0 fully saturated rings. The number of hydrogen-bond donors (Lipinski definition) is 0. The van der Waals surface area contributed by atoms with Crippen molar-refractivity contribution in [2.45, 2.75) is 0 Å². The summed E-state index contributed by atoms with van der Waals surface area (Å²) in [7, 11) is 9.90. The topological polar surface area (TPSA) is 23.8 Å². The summed E-state index contributed by atoms with van der Waals surface area (Å²) < 4.78 is 0. The molecule has 6 heteroatoms. The van der Waals surface area contributed by atoms with Crippen molar-refractivity contribution in [1.82, 2.24) is 0 Å². The van der Waals surface area contributed by atoms with Gasteiger partial charge in [-0.25, -0.2) is 0 Å². The molecule has 0 aliphatic carbocycles. The molecule has 0 saturated heterocycles. The monoisotopic (exact) mass is 317 g/mol. The van der Waals surface area contributed by atoms with Crippen LogP contribution in [0.4, 0.5) is 0 Å². The van der Waals surface area contributed by atoms with Crippen molar-refractivity contribution in [3.8, 4) is 0 Å². The molecule has 53 valence electrons. The van der Waals surface area contributed by atoms with Crippen LogP contribution in [0.5, 0.6) is 0 Å². The summed E-state index contributed by atoms with van der Waals surface area (Å²) in [5.74, 6) is 0. The normalized spacial score (nSPS) is 1.33. The molecular weight excluding hydrogens is 315 g/mol. The van der Waals surface area contributed by atoms with Crippen LogP contribution in [-0.4, -0.2) is 0 Å². The quantitative estimate of drug-likeness (QED) is 0.496. The fourth-order valence-electron chi connectivity index (χ4n) is 0. The van der Waals surface area contributed by atoms with Crippen molar-refractivity contribution >= 4 is 19.4 Å².